The molecule has 1 atom stereocenters. The van der Waals surface area contributed by atoms with Crippen LogP contribution in [0.2, 0.25) is 0 Å². The van der Waals surface area contributed by atoms with Crippen LogP contribution in [0, 0.1) is 5.92 Å². The minimum Gasteiger partial charge on any atom is -0.484 e. The molecule has 11 nitrogen and oxygen atoms in total. The normalized spacial score (nSPS) is 17.8. The van der Waals surface area contributed by atoms with Crippen LogP contribution in [0.4, 0.5) is 0 Å². The molecule has 2 aliphatic heterocycles. The maximum atomic E-state index is 12.8. The molecule has 0 saturated carbocycles. The summed E-state index contributed by atoms with van der Waals surface area (Å²) in [6.45, 7) is 11.2. The zero-order chi connectivity index (χ0) is 27.6. The molecular formula is C26H42N4O7. The summed E-state index contributed by atoms with van der Waals surface area (Å²) < 4.78 is 5.81. The van der Waals surface area contributed by atoms with Crippen molar-refractivity contribution in [3.8, 4) is 5.75 Å². The van der Waals surface area contributed by atoms with Gasteiger partial charge in [-0.05, 0) is 58.0 Å². The van der Waals surface area contributed by atoms with Gasteiger partial charge in [0.2, 0.25) is 5.91 Å². The maximum Gasteiger partial charge on any atom is 0.290 e. The number of piperidine rings is 1. The third-order valence-corrected chi connectivity index (χ3v) is 6.45. The average molecular weight is 523 g/mol. The van der Waals surface area contributed by atoms with E-state index >= 15 is 0 Å². The second kappa shape index (κ2) is 18.1. The summed E-state index contributed by atoms with van der Waals surface area (Å²) in [5.41, 5.74) is 1.15. The zero-order valence-electron chi connectivity index (χ0n) is 22.3. The fourth-order valence-electron chi connectivity index (χ4n) is 4.48. The van der Waals surface area contributed by atoms with Crippen LogP contribution >= 0.6 is 0 Å². The Hall–Kier alpha value is -3.18. The molecule has 2 saturated heterocycles. The lowest BCUT2D eigenvalue weighted by molar-refractivity contribution is -0.137. The number of hydrogen-bond donors (Lipinski definition) is 2. The number of amides is 2. The molecule has 11 heteroatoms. The van der Waals surface area contributed by atoms with Gasteiger partial charge in [-0.25, -0.2) is 0 Å². The van der Waals surface area contributed by atoms with Gasteiger partial charge in [-0.1, -0.05) is 12.1 Å². The topological polar surface area (TPSA) is 131 Å². The van der Waals surface area contributed by atoms with Gasteiger partial charge in [-0.2, -0.15) is 0 Å². The van der Waals surface area contributed by atoms with Crippen LogP contribution in [-0.4, -0.2) is 121 Å². The summed E-state index contributed by atoms with van der Waals surface area (Å²) in [4.78, 5) is 50.3. The highest BCUT2D eigenvalue weighted by atomic mass is 16.5. The number of carboxylic acid groups (broad SMARTS) is 2. The van der Waals surface area contributed by atoms with Gasteiger partial charge in [0.1, 0.15) is 5.75 Å². The van der Waals surface area contributed by atoms with E-state index in [9.17, 15) is 9.59 Å². The highest BCUT2D eigenvalue weighted by Gasteiger charge is 2.28. The van der Waals surface area contributed by atoms with E-state index in [4.69, 9.17) is 24.5 Å². The Morgan fingerprint density at radius 2 is 1.68 bits per heavy atom. The summed E-state index contributed by atoms with van der Waals surface area (Å²) in [5, 5.41) is 13.8. The van der Waals surface area contributed by atoms with E-state index in [0.29, 0.717) is 0 Å². The molecule has 2 amide bonds. The van der Waals surface area contributed by atoms with Crippen LogP contribution in [-0.2, 0) is 25.7 Å². The second-order valence-corrected chi connectivity index (χ2v) is 8.92. The van der Waals surface area contributed by atoms with Crippen molar-refractivity contribution in [1.82, 2.24) is 19.6 Å². The van der Waals surface area contributed by atoms with Gasteiger partial charge in [-0.3, -0.25) is 24.1 Å². The van der Waals surface area contributed by atoms with Crippen molar-refractivity contribution < 1.29 is 34.1 Å². The SMILES string of the molecule is CCN(CC)C(=O)C1CCCN(Cc2cccc(OCC(=O)N3CCN(C)CC3)c2)C1.O=CO.O=CO. The lowest BCUT2D eigenvalue weighted by atomic mass is 9.96. The molecule has 0 spiro atoms. The van der Waals surface area contributed by atoms with E-state index in [-0.39, 0.29) is 37.3 Å². The van der Waals surface area contributed by atoms with Crippen molar-refractivity contribution in [2.45, 2.75) is 33.2 Å². The predicted molar refractivity (Wildman–Crippen MR) is 139 cm³/mol. The molecule has 37 heavy (non-hydrogen) atoms. The van der Waals surface area contributed by atoms with Crippen molar-refractivity contribution in [1.29, 1.82) is 0 Å². The third-order valence-electron chi connectivity index (χ3n) is 6.45. The largest absolute Gasteiger partial charge is 0.484 e. The number of piperazine rings is 1. The molecule has 2 fully saturated rings. The maximum absolute atomic E-state index is 12.8. The van der Waals surface area contributed by atoms with Crippen molar-refractivity contribution >= 4 is 24.8 Å². The molecule has 0 bridgehead atoms. The summed E-state index contributed by atoms with van der Waals surface area (Å²) in [7, 11) is 2.08. The Balaban J connectivity index is 0.00000104. The average Bonchev–Trinajstić information content (AvgIpc) is 2.90. The van der Waals surface area contributed by atoms with Gasteiger partial charge in [0, 0.05) is 52.4 Å². The lowest BCUT2D eigenvalue weighted by Gasteiger charge is -2.34. The molecule has 1 aromatic carbocycles. The number of likely N-dealkylation sites (N-methyl/N-ethyl adjacent to an activating group) is 1. The first-order valence-electron chi connectivity index (χ1n) is 12.7. The van der Waals surface area contributed by atoms with Crippen LogP contribution in [0.5, 0.6) is 5.75 Å². The van der Waals surface area contributed by atoms with Gasteiger partial charge in [0.15, 0.2) is 6.61 Å². The number of ether oxygens (including phenoxy) is 1. The first kappa shape index (κ1) is 31.8. The molecule has 3 rings (SSSR count). The van der Waals surface area contributed by atoms with Crippen LogP contribution in [0.25, 0.3) is 0 Å². The minimum atomic E-state index is -0.250. The summed E-state index contributed by atoms with van der Waals surface area (Å²) in [5.74, 6) is 1.16. The number of rotatable bonds is 8. The minimum absolute atomic E-state index is 0.0484. The molecule has 2 heterocycles. The van der Waals surface area contributed by atoms with Gasteiger partial charge in [-0.15, -0.1) is 0 Å². The molecule has 1 unspecified atom stereocenters. The molecule has 0 aliphatic carbocycles. The first-order valence-corrected chi connectivity index (χ1v) is 12.7. The van der Waals surface area contributed by atoms with E-state index in [1.807, 2.05) is 41.8 Å². The molecular weight excluding hydrogens is 480 g/mol. The number of carbonyl (C=O) groups is 4. The molecule has 0 aromatic heterocycles. The summed E-state index contributed by atoms with van der Waals surface area (Å²) in [6.07, 6.45) is 2.02. The Morgan fingerprint density at radius 3 is 2.27 bits per heavy atom. The van der Waals surface area contributed by atoms with Crippen LogP contribution < -0.4 is 4.74 Å². The molecule has 0 radical (unpaired) electrons. The first-order chi connectivity index (χ1) is 17.8. The monoisotopic (exact) mass is 522 g/mol. The molecule has 2 N–H and O–H groups in total. The number of nitrogens with zero attached hydrogens (tertiary/aromatic N) is 4. The van der Waals surface area contributed by atoms with Crippen molar-refractivity contribution in [3.63, 3.8) is 0 Å². The van der Waals surface area contributed by atoms with Gasteiger partial charge in [0.05, 0.1) is 5.92 Å². The Bertz CT molecular complexity index is 821. The molecule has 2 aliphatic rings. The Morgan fingerprint density at radius 1 is 1.05 bits per heavy atom. The summed E-state index contributed by atoms with van der Waals surface area (Å²) >= 11 is 0. The fraction of sp³-hybridized carbons (Fsp3) is 0.615. The molecule has 208 valence electrons. The Kier molecular flexibility index (Phi) is 15.6. The highest BCUT2D eigenvalue weighted by molar-refractivity contribution is 5.79. The quantitative estimate of drug-likeness (QED) is 0.485. The van der Waals surface area contributed by atoms with E-state index in [2.05, 4.69) is 22.9 Å². The predicted octanol–water partition coefficient (Wildman–Crippen LogP) is 1.32. The highest BCUT2D eigenvalue weighted by Crippen LogP contribution is 2.22. The number of likely N-dealkylation sites (tertiary alicyclic amines) is 1. The Labute approximate surface area is 219 Å². The number of carbonyl (C=O) groups excluding carboxylic acids is 2. The van der Waals surface area contributed by atoms with Crippen molar-refractivity contribution in [2.24, 2.45) is 5.92 Å². The van der Waals surface area contributed by atoms with E-state index in [0.717, 1.165) is 83.1 Å². The van der Waals surface area contributed by atoms with E-state index < -0.39 is 0 Å². The van der Waals surface area contributed by atoms with Crippen molar-refractivity contribution in [2.75, 3.05) is 66.0 Å². The second-order valence-electron chi connectivity index (χ2n) is 8.92. The third kappa shape index (κ3) is 11.6. The lowest BCUT2D eigenvalue weighted by Crippen LogP contribution is -2.48. The van der Waals surface area contributed by atoms with Crippen molar-refractivity contribution in [3.05, 3.63) is 29.8 Å². The van der Waals surface area contributed by atoms with Crippen LogP contribution in [0.3, 0.4) is 0 Å². The fourth-order valence-corrected chi connectivity index (χ4v) is 4.48. The van der Waals surface area contributed by atoms with Gasteiger partial charge in [0.25, 0.3) is 18.9 Å². The smallest absolute Gasteiger partial charge is 0.290 e. The molecule has 1 aromatic rings. The van der Waals surface area contributed by atoms with E-state index in [1.165, 1.54) is 0 Å². The standard InChI is InChI=1S/C24H38N4O3.2CH2O2/c1-4-27(5-2)24(30)21-9-7-11-26(18-21)17-20-8-6-10-22(16-20)31-19-23(29)28-14-12-25(3)13-15-28;2*2-1-3/h6,8,10,16,21H,4-5,7,9,11-15,17-19H2,1-3H3;2*1H,(H,2,3). The van der Waals surface area contributed by atoms with Crippen LogP contribution in [0.1, 0.15) is 32.3 Å². The summed E-state index contributed by atoms with van der Waals surface area (Å²) in [6, 6.07) is 8.00. The van der Waals surface area contributed by atoms with E-state index in [1.54, 1.807) is 0 Å². The number of hydrogen-bond acceptors (Lipinski definition) is 7. The zero-order valence-corrected chi connectivity index (χ0v) is 22.3. The number of benzene rings is 1. The van der Waals surface area contributed by atoms with Gasteiger partial charge >= 0.3 is 0 Å². The van der Waals surface area contributed by atoms with Crippen LogP contribution in [0.15, 0.2) is 24.3 Å². The van der Waals surface area contributed by atoms with Gasteiger partial charge < -0.3 is 29.6 Å².